The Bertz CT molecular complexity index is 301. The van der Waals surface area contributed by atoms with Crippen molar-refractivity contribution in [1.82, 2.24) is 10.2 Å². The Morgan fingerprint density at radius 1 is 1.42 bits per heavy atom. The Kier molecular flexibility index (Phi) is 5.19. The summed E-state index contributed by atoms with van der Waals surface area (Å²) in [6.45, 7) is 3.46. The average molecular weight is 270 g/mol. The molecule has 0 radical (unpaired) electrons. The summed E-state index contributed by atoms with van der Waals surface area (Å²) in [4.78, 5) is 13.0. The van der Waals surface area contributed by atoms with Crippen LogP contribution in [0.2, 0.25) is 0 Å². The van der Waals surface area contributed by atoms with Gasteiger partial charge in [0.25, 0.3) is 0 Å². The third-order valence-corrected chi connectivity index (χ3v) is 4.08. The first-order valence-corrected chi connectivity index (χ1v) is 7.28. The van der Waals surface area contributed by atoms with Crippen LogP contribution >= 0.6 is 0 Å². The van der Waals surface area contributed by atoms with Gasteiger partial charge in [-0.3, -0.25) is 4.79 Å². The minimum absolute atomic E-state index is 0.0649. The molecule has 19 heavy (non-hydrogen) atoms. The molecule has 2 rings (SSSR count). The molecule has 0 aliphatic carbocycles. The van der Waals surface area contributed by atoms with Crippen molar-refractivity contribution in [1.29, 1.82) is 0 Å². The molecule has 0 aromatic carbocycles. The van der Waals surface area contributed by atoms with E-state index in [1.807, 2.05) is 0 Å². The third-order valence-electron chi connectivity index (χ3n) is 4.08. The van der Waals surface area contributed by atoms with Gasteiger partial charge in [-0.25, -0.2) is 0 Å². The molecule has 1 atom stereocenters. The summed E-state index contributed by atoms with van der Waals surface area (Å²) in [5.74, 6) is 0.168. The van der Waals surface area contributed by atoms with E-state index >= 15 is 0 Å². The number of nitrogens with zero attached hydrogens (tertiary/aromatic N) is 1. The van der Waals surface area contributed by atoms with E-state index < -0.39 is 0 Å². The molecule has 0 saturated carbocycles. The Morgan fingerprint density at radius 3 is 2.84 bits per heavy atom. The van der Waals surface area contributed by atoms with Gasteiger partial charge in [-0.15, -0.1) is 0 Å². The van der Waals surface area contributed by atoms with E-state index in [0.29, 0.717) is 19.6 Å². The molecule has 1 spiro atoms. The van der Waals surface area contributed by atoms with E-state index in [2.05, 4.69) is 5.32 Å². The van der Waals surface area contributed by atoms with Crippen LogP contribution in [-0.4, -0.2) is 62.9 Å². The lowest BCUT2D eigenvalue weighted by molar-refractivity contribution is -0.129. The molecule has 0 bridgehead atoms. The molecule has 2 heterocycles. The van der Waals surface area contributed by atoms with Crippen LogP contribution in [-0.2, 0) is 14.3 Å². The smallest absolute Gasteiger partial charge is 0.222 e. The van der Waals surface area contributed by atoms with Crippen LogP contribution in [0.4, 0.5) is 0 Å². The van der Waals surface area contributed by atoms with Crippen LogP contribution in [0.5, 0.6) is 0 Å². The second kappa shape index (κ2) is 6.68. The minimum atomic E-state index is 0.0649. The molecule has 2 aliphatic rings. The van der Waals surface area contributed by atoms with Crippen molar-refractivity contribution in [3.8, 4) is 0 Å². The van der Waals surface area contributed by atoms with Gasteiger partial charge in [-0.05, 0) is 32.4 Å². The molecule has 110 valence electrons. The number of amides is 1. The second-order valence-electron chi connectivity index (χ2n) is 5.83. The predicted molar refractivity (Wildman–Crippen MR) is 73.1 cm³/mol. The maximum absolute atomic E-state index is 11.4. The minimum Gasteiger partial charge on any atom is -0.376 e. The summed E-state index contributed by atoms with van der Waals surface area (Å²) in [6.07, 6.45) is 4.76. The van der Waals surface area contributed by atoms with Gasteiger partial charge in [0, 0.05) is 33.5 Å². The summed E-state index contributed by atoms with van der Waals surface area (Å²) < 4.78 is 11.8. The van der Waals surface area contributed by atoms with Gasteiger partial charge in [-0.1, -0.05) is 0 Å². The molecule has 2 fully saturated rings. The summed E-state index contributed by atoms with van der Waals surface area (Å²) in [7, 11) is 3.57. The number of piperidine rings is 1. The SMILES string of the molecule is CN(C)C(=O)CCCOC1COC2(CCNCC2)C1. The van der Waals surface area contributed by atoms with Crippen LogP contribution < -0.4 is 5.32 Å². The first-order chi connectivity index (χ1) is 9.11. The van der Waals surface area contributed by atoms with Gasteiger partial charge in [0.1, 0.15) is 0 Å². The molecular formula is C14H26N2O3. The van der Waals surface area contributed by atoms with Crippen molar-refractivity contribution in [3.05, 3.63) is 0 Å². The average Bonchev–Trinajstić information content (AvgIpc) is 2.78. The maximum atomic E-state index is 11.4. The van der Waals surface area contributed by atoms with E-state index in [-0.39, 0.29) is 17.6 Å². The quantitative estimate of drug-likeness (QED) is 0.750. The monoisotopic (exact) mass is 270 g/mol. The molecule has 1 unspecified atom stereocenters. The lowest BCUT2D eigenvalue weighted by Crippen LogP contribution is -2.41. The largest absolute Gasteiger partial charge is 0.376 e. The van der Waals surface area contributed by atoms with Gasteiger partial charge in [0.05, 0.1) is 18.3 Å². The van der Waals surface area contributed by atoms with E-state index in [1.165, 1.54) is 0 Å². The van der Waals surface area contributed by atoms with Gasteiger partial charge in [0.15, 0.2) is 0 Å². The van der Waals surface area contributed by atoms with E-state index in [4.69, 9.17) is 9.47 Å². The van der Waals surface area contributed by atoms with E-state index in [1.54, 1.807) is 19.0 Å². The zero-order chi connectivity index (χ0) is 13.7. The van der Waals surface area contributed by atoms with E-state index in [0.717, 1.165) is 38.8 Å². The van der Waals surface area contributed by atoms with Crippen molar-refractivity contribution in [2.45, 2.75) is 43.8 Å². The fourth-order valence-electron chi connectivity index (χ4n) is 2.84. The predicted octanol–water partition coefficient (Wildman–Crippen LogP) is 0.783. The summed E-state index contributed by atoms with van der Waals surface area (Å²) in [6, 6.07) is 0. The van der Waals surface area contributed by atoms with Crippen molar-refractivity contribution < 1.29 is 14.3 Å². The van der Waals surface area contributed by atoms with Gasteiger partial charge in [-0.2, -0.15) is 0 Å². The normalized spacial score (nSPS) is 25.7. The number of hydrogen-bond donors (Lipinski definition) is 1. The highest BCUT2D eigenvalue weighted by atomic mass is 16.6. The molecule has 2 aliphatic heterocycles. The number of rotatable bonds is 5. The zero-order valence-electron chi connectivity index (χ0n) is 12.1. The highest BCUT2D eigenvalue weighted by Crippen LogP contribution is 2.35. The Morgan fingerprint density at radius 2 is 2.16 bits per heavy atom. The number of carbonyl (C=O) groups excluding carboxylic acids is 1. The second-order valence-corrected chi connectivity index (χ2v) is 5.83. The van der Waals surface area contributed by atoms with Crippen LogP contribution in [0.1, 0.15) is 32.1 Å². The Balaban J connectivity index is 1.61. The first-order valence-electron chi connectivity index (χ1n) is 7.28. The molecule has 5 nitrogen and oxygen atoms in total. The highest BCUT2D eigenvalue weighted by molar-refractivity contribution is 5.75. The van der Waals surface area contributed by atoms with Crippen LogP contribution in [0.3, 0.4) is 0 Å². The van der Waals surface area contributed by atoms with Crippen molar-refractivity contribution >= 4 is 5.91 Å². The molecule has 1 N–H and O–H groups in total. The Hall–Kier alpha value is -0.650. The van der Waals surface area contributed by atoms with Crippen molar-refractivity contribution in [2.24, 2.45) is 0 Å². The number of hydrogen-bond acceptors (Lipinski definition) is 4. The first kappa shape index (κ1) is 14.8. The fourth-order valence-corrected chi connectivity index (χ4v) is 2.84. The zero-order valence-corrected chi connectivity index (χ0v) is 12.1. The van der Waals surface area contributed by atoms with E-state index in [9.17, 15) is 4.79 Å². The van der Waals surface area contributed by atoms with Gasteiger partial charge < -0.3 is 19.7 Å². The van der Waals surface area contributed by atoms with Crippen molar-refractivity contribution in [3.63, 3.8) is 0 Å². The lowest BCUT2D eigenvalue weighted by atomic mass is 9.89. The fraction of sp³-hybridized carbons (Fsp3) is 0.929. The molecule has 0 aromatic heterocycles. The number of nitrogens with one attached hydrogen (secondary N) is 1. The molecule has 1 amide bonds. The molecule has 2 saturated heterocycles. The van der Waals surface area contributed by atoms with Crippen LogP contribution in [0.25, 0.3) is 0 Å². The molecule has 5 heteroatoms. The standard InChI is InChI=1S/C14H26N2O3/c1-16(2)13(17)4-3-9-18-12-10-14(19-11-12)5-7-15-8-6-14/h12,15H,3-11H2,1-2H3. The summed E-state index contributed by atoms with van der Waals surface area (Å²) in [5.41, 5.74) is 0.0649. The third kappa shape index (κ3) is 4.16. The van der Waals surface area contributed by atoms with Crippen LogP contribution in [0, 0.1) is 0 Å². The maximum Gasteiger partial charge on any atom is 0.222 e. The van der Waals surface area contributed by atoms with Gasteiger partial charge in [0.2, 0.25) is 5.91 Å². The summed E-state index contributed by atoms with van der Waals surface area (Å²) >= 11 is 0. The highest BCUT2D eigenvalue weighted by Gasteiger charge is 2.41. The Labute approximate surface area is 115 Å². The summed E-state index contributed by atoms with van der Waals surface area (Å²) in [5, 5.41) is 3.36. The number of carbonyl (C=O) groups is 1. The van der Waals surface area contributed by atoms with Gasteiger partial charge >= 0.3 is 0 Å². The van der Waals surface area contributed by atoms with Crippen molar-refractivity contribution in [2.75, 3.05) is 40.4 Å². The molecular weight excluding hydrogens is 244 g/mol. The van der Waals surface area contributed by atoms with Crippen LogP contribution in [0.15, 0.2) is 0 Å². The topological polar surface area (TPSA) is 50.8 Å². The lowest BCUT2D eigenvalue weighted by Gasteiger charge is -2.32. The number of ether oxygens (including phenoxy) is 2. The molecule has 0 aromatic rings.